The Labute approximate surface area is 387 Å². The van der Waals surface area contributed by atoms with Gasteiger partial charge in [0, 0.05) is 6.42 Å². The molecule has 7 unspecified atom stereocenters. The molecule has 7 atom stereocenters. The molecule has 9 nitrogen and oxygen atoms in total. The van der Waals surface area contributed by atoms with Gasteiger partial charge in [0.1, 0.15) is 24.4 Å². The van der Waals surface area contributed by atoms with Crippen LogP contribution in [0.2, 0.25) is 0 Å². The number of carbonyl (C=O) groups is 1. The second kappa shape index (κ2) is 44.3. The van der Waals surface area contributed by atoms with Crippen molar-refractivity contribution in [1.29, 1.82) is 0 Å². The number of allylic oxidation sites excluding steroid dienone is 5. The Morgan fingerprint density at radius 3 is 1.33 bits per heavy atom. The second-order valence-corrected chi connectivity index (χ2v) is 18.7. The van der Waals surface area contributed by atoms with Gasteiger partial charge in [0.05, 0.1) is 25.4 Å². The van der Waals surface area contributed by atoms with E-state index in [2.05, 4.69) is 43.5 Å². The Bertz CT molecular complexity index is 1080. The number of unbranched alkanes of at least 4 members (excludes halogenated alkanes) is 31. The van der Waals surface area contributed by atoms with Crippen LogP contribution in [0.4, 0.5) is 0 Å². The van der Waals surface area contributed by atoms with Gasteiger partial charge in [-0.15, -0.1) is 0 Å². The second-order valence-electron chi connectivity index (χ2n) is 18.7. The van der Waals surface area contributed by atoms with Crippen molar-refractivity contribution in [3.05, 3.63) is 36.5 Å². The molecule has 1 fully saturated rings. The topological polar surface area (TPSA) is 149 Å². The zero-order valence-electron chi connectivity index (χ0n) is 40.8. The summed E-state index contributed by atoms with van der Waals surface area (Å²) in [5.41, 5.74) is 0. The lowest BCUT2D eigenvalue weighted by molar-refractivity contribution is -0.302. The van der Waals surface area contributed by atoms with Gasteiger partial charge in [-0.3, -0.25) is 4.79 Å². The quantitative estimate of drug-likeness (QED) is 0.0261. The van der Waals surface area contributed by atoms with Crippen molar-refractivity contribution >= 4 is 5.91 Å². The molecule has 1 rings (SSSR count). The Hall–Kier alpha value is -1.59. The van der Waals surface area contributed by atoms with Crippen LogP contribution in [-0.4, -0.2) is 87.5 Å². The highest BCUT2D eigenvalue weighted by molar-refractivity contribution is 5.76. The molecular formula is C54H101NO8. The number of nitrogens with one attached hydrogen (secondary N) is 1. The van der Waals surface area contributed by atoms with Crippen LogP contribution in [0.3, 0.4) is 0 Å². The summed E-state index contributed by atoms with van der Waals surface area (Å²) < 4.78 is 11.2. The zero-order chi connectivity index (χ0) is 45.9. The summed E-state index contributed by atoms with van der Waals surface area (Å²) in [5.74, 6) is -0.188. The smallest absolute Gasteiger partial charge is 0.220 e. The number of ether oxygens (including phenoxy) is 2. The summed E-state index contributed by atoms with van der Waals surface area (Å²) in [5, 5.41) is 54.4. The lowest BCUT2D eigenvalue weighted by Gasteiger charge is -2.40. The molecule has 0 saturated carbocycles. The molecule has 9 heteroatoms. The highest BCUT2D eigenvalue weighted by Crippen LogP contribution is 2.23. The van der Waals surface area contributed by atoms with E-state index in [4.69, 9.17) is 9.47 Å². The number of amides is 1. The third kappa shape index (κ3) is 34.4. The van der Waals surface area contributed by atoms with Crippen molar-refractivity contribution in [2.24, 2.45) is 0 Å². The fourth-order valence-electron chi connectivity index (χ4n) is 8.42. The predicted octanol–water partition coefficient (Wildman–Crippen LogP) is 12.4. The Balaban J connectivity index is 2.31. The van der Waals surface area contributed by atoms with Gasteiger partial charge in [-0.2, -0.15) is 0 Å². The SMILES string of the molecule is CCCCCCCCCCCCCC/C=C/CC/C=C/CC/C=C/C(O)C(COC1OC(CO)C(O)C(O)C1O)NC(=O)CCCCCCCCCCCCCCCCCCCC. The lowest BCUT2D eigenvalue weighted by Crippen LogP contribution is -2.60. The normalized spacial score (nSPS) is 20.4. The molecule has 1 saturated heterocycles. The minimum absolute atomic E-state index is 0.188. The van der Waals surface area contributed by atoms with E-state index < -0.39 is 49.5 Å². The highest BCUT2D eigenvalue weighted by atomic mass is 16.7. The molecule has 0 aliphatic carbocycles. The van der Waals surface area contributed by atoms with Gasteiger partial charge in [0.25, 0.3) is 0 Å². The fraction of sp³-hybridized carbons (Fsp3) is 0.870. The number of aliphatic hydroxyl groups excluding tert-OH is 5. The number of aliphatic hydroxyl groups is 5. The van der Waals surface area contributed by atoms with Crippen LogP contribution in [0.25, 0.3) is 0 Å². The van der Waals surface area contributed by atoms with Gasteiger partial charge in [0.15, 0.2) is 6.29 Å². The van der Waals surface area contributed by atoms with Crippen molar-refractivity contribution in [2.45, 2.75) is 288 Å². The van der Waals surface area contributed by atoms with Crippen LogP contribution in [-0.2, 0) is 14.3 Å². The van der Waals surface area contributed by atoms with Crippen LogP contribution < -0.4 is 5.32 Å². The van der Waals surface area contributed by atoms with Gasteiger partial charge in [-0.25, -0.2) is 0 Å². The molecule has 370 valence electrons. The molecule has 1 aliphatic rings. The summed E-state index contributed by atoms with van der Waals surface area (Å²) in [6, 6.07) is -0.825. The summed E-state index contributed by atoms with van der Waals surface area (Å²) in [6.45, 7) is 3.78. The van der Waals surface area contributed by atoms with Crippen molar-refractivity contribution in [3.63, 3.8) is 0 Å². The number of hydrogen-bond donors (Lipinski definition) is 6. The van der Waals surface area contributed by atoms with Crippen LogP contribution in [0.15, 0.2) is 36.5 Å². The molecule has 1 heterocycles. The first kappa shape index (κ1) is 59.4. The third-order valence-corrected chi connectivity index (χ3v) is 12.7. The number of rotatable bonds is 45. The van der Waals surface area contributed by atoms with E-state index in [-0.39, 0.29) is 12.5 Å². The van der Waals surface area contributed by atoms with E-state index in [1.165, 1.54) is 180 Å². The highest BCUT2D eigenvalue weighted by Gasteiger charge is 2.44. The van der Waals surface area contributed by atoms with E-state index in [9.17, 15) is 30.3 Å². The maximum Gasteiger partial charge on any atom is 0.220 e. The maximum atomic E-state index is 13.0. The summed E-state index contributed by atoms with van der Waals surface area (Å²) in [6.07, 6.45) is 49.1. The van der Waals surface area contributed by atoms with Gasteiger partial charge in [-0.05, 0) is 44.9 Å². The molecular weight excluding hydrogens is 791 g/mol. The molecule has 63 heavy (non-hydrogen) atoms. The first-order valence-corrected chi connectivity index (χ1v) is 26.7. The van der Waals surface area contributed by atoms with Gasteiger partial charge in [0.2, 0.25) is 5.91 Å². The summed E-state index contributed by atoms with van der Waals surface area (Å²) in [4.78, 5) is 13.0. The zero-order valence-corrected chi connectivity index (χ0v) is 40.8. The predicted molar refractivity (Wildman–Crippen MR) is 263 cm³/mol. The lowest BCUT2D eigenvalue weighted by atomic mass is 9.99. The average molecular weight is 892 g/mol. The van der Waals surface area contributed by atoms with Crippen molar-refractivity contribution < 1.29 is 39.8 Å². The van der Waals surface area contributed by atoms with Gasteiger partial charge >= 0.3 is 0 Å². The first-order valence-electron chi connectivity index (χ1n) is 26.7. The molecule has 6 N–H and O–H groups in total. The van der Waals surface area contributed by atoms with Crippen molar-refractivity contribution in [1.82, 2.24) is 5.32 Å². The van der Waals surface area contributed by atoms with E-state index >= 15 is 0 Å². The molecule has 1 amide bonds. The fourth-order valence-corrected chi connectivity index (χ4v) is 8.42. The Morgan fingerprint density at radius 2 is 0.905 bits per heavy atom. The first-order chi connectivity index (χ1) is 30.8. The van der Waals surface area contributed by atoms with E-state index in [1.54, 1.807) is 6.08 Å². The third-order valence-electron chi connectivity index (χ3n) is 12.7. The van der Waals surface area contributed by atoms with E-state index in [1.807, 2.05) is 6.08 Å². The van der Waals surface area contributed by atoms with Crippen LogP contribution in [0, 0.1) is 0 Å². The molecule has 1 aliphatic heterocycles. The van der Waals surface area contributed by atoms with Gasteiger partial charge in [-0.1, -0.05) is 230 Å². The molecule has 0 aromatic rings. The number of carbonyl (C=O) groups excluding carboxylic acids is 1. The monoisotopic (exact) mass is 892 g/mol. The maximum absolute atomic E-state index is 13.0. The molecule has 0 aromatic carbocycles. The van der Waals surface area contributed by atoms with Crippen LogP contribution in [0.1, 0.15) is 245 Å². The molecule has 0 radical (unpaired) electrons. The Morgan fingerprint density at radius 1 is 0.524 bits per heavy atom. The van der Waals surface area contributed by atoms with Crippen LogP contribution in [0.5, 0.6) is 0 Å². The van der Waals surface area contributed by atoms with Gasteiger partial charge < -0.3 is 40.3 Å². The van der Waals surface area contributed by atoms with Crippen LogP contribution >= 0.6 is 0 Å². The van der Waals surface area contributed by atoms with Crippen molar-refractivity contribution in [3.8, 4) is 0 Å². The average Bonchev–Trinajstić information content (AvgIpc) is 3.28. The standard InChI is InChI=1S/C54H101NO8/c1-3-5-7-9-11-13-15-17-19-21-23-24-25-26-27-29-31-33-35-37-39-41-43-48(57)47(46-62-54-53(61)52(60)51(59)49(45-56)63-54)55-50(58)44-42-40-38-36-34-32-30-28-22-20-18-16-14-12-10-8-6-4-2/h26-27,33,35,41,43,47-49,51-54,56-57,59-61H,3-25,28-32,34,36-40,42,44-46H2,1-2H3,(H,55,58)/b27-26+,35-33+,43-41+. The largest absolute Gasteiger partial charge is 0.394 e. The van der Waals surface area contributed by atoms with E-state index in [0.717, 1.165) is 44.9 Å². The van der Waals surface area contributed by atoms with Crippen molar-refractivity contribution in [2.75, 3.05) is 13.2 Å². The summed E-state index contributed by atoms with van der Waals surface area (Å²) in [7, 11) is 0. The minimum atomic E-state index is -1.57. The van der Waals surface area contributed by atoms with E-state index in [0.29, 0.717) is 6.42 Å². The summed E-state index contributed by atoms with van der Waals surface area (Å²) >= 11 is 0. The number of hydrogen-bond acceptors (Lipinski definition) is 8. The molecule has 0 aromatic heterocycles. The molecule has 0 bridgehead atoms. The Kier molecular flexibility index (Phi) is 41.7. The molecule has 0 spiro atoms. The minimum Gasteiger partial charge on any atom is -0.394 e.